The second-order valence-electron chi connectivity index (χ2n) is 7.23. The highest BCUT2D eigenvalue weighted by molar-refractivity contribution is 6.45. The summed E-state index contributed by atoms with van der Waals surface area (Å²) < 4.78 is 5.32. The van der Waals surface area contributed by atoms with Crippen LogP contribution in [0.2, 0.25) is 0 Å². The molecule has 32 heavy (non-hydrogen) atoms. The normalized spacial score (nSPS) is 15.7. The highest BCUT2D eigenvalue weighted by Gasteiger charge is 2.34. The number of methoxy groups -OCH3 is 1. The Morgan fingerprint density at radius 1 is 1.09 bits per heavy atom. The van der Waals surface area contributed by atoms with Gasteiger partial charge in [0.25, 0.3) is 17.6 Å². The highest BCUT2D eigenvalue weighted by Crippen LogP contribution is 2.28. The topological polar surface area (TPSA) is 95.6 Å². The zero-order valence-corrected chi connectivity index (χ0v) is 18.8. The number of Topliss-reactive ketones (excluding diaryl/α,β-unsaturated/α-hetero) is 1. The monoisotopic (exact) mass is 436 g/mol. The molecule has 8 nitrogen and oxygen atoms in total. The van der Waals surface area contributed by atoms with Gasteiger partial charge in [-0.25, -0.2) is 4.98 Å². The van der Waals surface area contributed by atoms with Crippen LogP contribution >= 0.6 is 0 Å². The van der Waals surface area contributed by atoms with Crippen LogP contribution in [0.3, 0.4) is 0 Å². The van der Waals surface area contributed by atoms with Gasteiger partial charge in [-0.05, 0) is 25.1 Å². The number of fused-ring (bicyclic) bond motifs is 1. The van der Waals surface area contributed by atoms with Crippen molar-refractivity contribution in [1.82, 2.24) is 19.8 Å². The van der Waals surface area contributed by atoms with Gasteiger partial charge in [-0.15, -0.1) is 0 Å². The van der Waals surface area contributed by atoms with E-state index in [1.807, 2.05) is 39.0 Å². The molecule has 0 aliphatic carbocycles. The van der Waals surface area contributed by atoms with Crippen molar-refractivity contribution < 1.29 is 19.1 Å². The van der Waals surface area contributed by atoms with Crippen LogP contribution < -0.4 is 4.74 Å². The SMILES string of the molecule is CC.COc1ccnc2[nH]cc(C(=O)C(=O)N3CCN(C(=O)c4ccccc4)CC3C)c12. The Kier molecular flexibility index (Phi) is 7.25. The van der Waals surface area contributed by atoms with Crippen LogP contribution in [0.4, 0.5) is 0 Å². The molecule has 0 saturated carbocycles. The molecule has 4 rings (SSSR count). The number of nitrogens with zero attached hydrogens (tertiary/aromatic N) is 3. The molecule has 1 unspecified atom stereocenters. The molecule has 168 valence electrons. The van der Waals surface area contributed by atoms with Gasteiger partial charge in [0.2, 0.25) is 0 Å². The van der Waals surface area contributed by atoms with Crippen LogP contribution in [0.1, 0.15) is 41.5 Å². The van der Waals surface area contributed by atoms with Gasteiger partial charge >= 0.3 is 0 Å². The number of hydrogen-bond donors (Lipinski definition) is 1. The lowest BCUT2D eigenvalue weighted by Crippen LogP contribution is -2.56. The second-order valence-corrected chi connectivity index (χ2v) is 7.23. The average Bonchev–Trinajstić information content (AvgIpc) is 3.29. The van der Waals surface area contributed by atoms with Crippen molar-refractivity contribution in [2.75, 3.05) is 26.7 Å². The Labute approximate surface area is 187 Å². The molecule has 3 heterocycles. The molecule has 1 aromatic carbocycles. The molecule has 1 fully saturated rings. The number of amides is 2. The van der Waals surface area contributed by atoms with E-state index in [1.165, 1.54) is 18.2 Å². The van der Waals surface area contributed by atoms with E-state index in [0.717, 1.165) is 0 Å². The third-order valence-electron chi connectivity index (χ3n) is 5.39. The molecule has 1 aliphatic heterocycles. The Bertz CT molecular complexity index is 1110. The largest absolute Gasteiger partial charge is 0.496 e. The van der Waals surface area contributed by atoms with Crippen molar-refractivity contribution in [2.24, 2.45) is 0 Å². The molecular formula is C24H28N4O4. The molecule has 1 saturated heterocycles. The summed E-state index contributed by atoms with van der Waals surface area (Å²) in [4.78, 5) is 49.0. The number of pyridine rings is 1. The van der Waals surface area contributed by atoms with E-state index in [-0.39, 0.29) is 17.5 Å². The van der Waals surface area contributed by atoms with Crippen LogP contribution in [0.25, 0.3) is 11.0 Å². The summed E-state index contributed by atoms with van der Waals surface area (Å²) in [6.07, 6.45) is 3.05. The molecule has 0 bridgehead atoms. The molecule has 1 N–H and O–H groups in total. The van der Waals surface area contributed by atoms with E-state index in [2.05, 4.69) is 9.97 Å². The van der Waals surface area contributed by atoms with Gasteiger partial charge < -0.3 is 19.5 Å². The maximum absolute atomic E-state index is 13.0. The van der Waals surface area contributed by atoms with Crippen molar-refractivity contribution in [3.8, 4) is 5.75 Å². The number of piperazine rings is 1. The summed E-state index contributed by atoms with van der Waals surface area (Å²) in [5, 5.41) is 0.490. The molecule has 0 radical (unpaired) electrons. The van der Waals surface area contributed by atoms with Crippen LogP contribution in [0, 0.1) is 0 Å². The standard InChI is InChI=1S/C22H22N4O4.C2H6/c1-14-13-25(21(28)15-6-4-3-5-7-15)10-11-26(14)22(29)19(27)16-12-24-20-18(16)17(30-2)8-9-23-20;1-2/h3-9,12,14H,10-11,13H2,1-2H3,(H,23,24);1-2H3. The first-order chi connectivity index (χ1) is 15.5. The number of carbonyl (C=O) groups excluding carboxylic acids is 3. The van der Waals surface area contributed by atoms with E-state index in [4.69, 9.17) is 4.74 Å². The lowest BCUT2D eigenvalue weighted by Gasteiger charge is -2.39. The summed E-state index contributed by atoms with van der Waals surface area (Å²) in [5.41, 5.74) is 1.32. The van der Waals surface area contributed by atoms with Crippen LogP contribution in [-0.4, -0.2) is 70.2 Å². The number of benzene rings is 1. The number of carbonyl (C=O) groups is 3. The molecule has 8 heteroatoms. The summed E-state index contributed by atoms with van der Waals surface area (Å²) in [5.74, 6) is -0.819. The number of nitrogens with one attached hydrogen (secondary N) is 1. The first kappa shape index (κ1) is 23.0. The van der Waals surface area contributed by atoms with E-state index in [0.29, 0.717) is 42.0 Å². The summed E-state index contributed by atoms with van der Waals surface area (Å²) in [7, 11) is 1.50. The van der Waals surface area contributed by atoms with E-state index < -0.39 is 11.7 Å². The number of rotatable bonds is 4. The van der Waals surface area contributed by atoms with Gasteiger partial charge in [0.1, 0.15) is 11.4 Å². The van der Waals surface area contributed by atoms with Crippen LogP contribution in [-0.2, 0) is 4.79 Å². The minimum absolute atomic E-state index is 0.0756. The molecule has 0 spiro atoms. The number of aromatic amines is 1. The fourth-order valence-electron chi connectivity index (χ4n) is 3.83. The Balaban J connectivity index is 0.00000141. The number of ketones is 1. The molecule has 2 aromatic heterocycles. The molecule has 1 atom stereocenters. The number of ether oxygens (including phenoxy) is 1. The minimum Gasteiger partial charge on any atom is -0.496 e. The van der Waals surface area contributed by atoms with Crippen molar-refractivity contribution >= 4 is 28.6 Å². The first-order valence-electron chi connectivity index (χ1n) is 10.7. The fraction of sp³-hybridized carbons (Fsp3) is 0.333. The van der Waals surface area contributed by atoms with Gasteiger partial charge in [-0.1, -0.05) is 32.0 Å². The number of aromatic nitrogens is 2. The predicted molar refractivity (Wildman–Crippen MR) is 122 cm³/mol. The Morgan fingerprint density at radius 2 is 1.81 bits per heavy atom. The van der Waals surface area contributed by atoms with Crippen molar-refractivity contribution in [2.45, 2.75) is 26.8 Å². The first-order valence-corrected chi connectivity index (χ1v) is 10.7. The van der Waals surface area contributed by atoms with Gasteiger partial charge in [0, 0.05) is 43.6 Å². The zero-order chi connectivity index (χ0) is 23.3. The Hall–Kier alpha value is -3.68. The summed E-state index contributed by atoms with van der Waals surface area (Å²) in [6.45, 7) is 6.87. The van der Waals surface area contributed by atoms with Crippen LogP contribution in [0.5, 0.6) is 5.75 Å². The average molecular weight is 437 g/mol. The molecule has 1 aliphatic rings. The zero-order valence-electron chi connectivity index (χ0n) is 18.8. The maximum Gasteiger partial charge on any atom is 0.295 e. The predicted octanol–water partition coefficient (Wildman–Crippen LogP) is 3.15. The van der Waals surface area contributed by atoms with E-state index in [1.54, 1.807) is 29.3 Å². The van der Waals surface area contributed by atoms with Crippen molar-refractivity contribution in [1.29, 1.82) is 0 Å². The summed E-state index contributed by atoms with van der Waals surface area (Å²) >= 11 is 0. The number of H-pyrrole nitrogens is 1. The van der Waals surface area contributed by atoms with Crippen molar-refractivity contribution in [3.05, 3.63) is 59.9 Å². The minimum atomic E-state index is -0.623. The molecule has 2 amide bonds. The fourth-order valence-corrected chi connectivity index (χ4v) is 3.83. The third-order valence-corrected chi connectivity index (χ3v) is 5.39. The highest BCUT2D eigenvalue weighted by atomic mass is 16.5. The van der Waals surface area contributed by atoms with Crippen LogP contribution in [0.15, 0.2) is 48.8 Å². The second kappa shape index (κ2) is 10.1. The number of hydrogen-bond acceptors (Lipinski definition) is 5. The lowest BCUT2D eigenvalue weighted by molar-refractivity contribution is -0.130. The maximum atomic E-state index is 13.0. The summed E-state index contributed by atoms with van der Waals surface area (Å²) in [6, 6.07) is 10.4. The van der Waals surface area contributed by atoms with Gasteiger partial charge in [0.15, 0.2) is 0 Å². The lowest BCUT2D eigenvalue weighted by atomic mass is 10.1. The van der Waals surface area contributed by atoms with E-state index >= 15 is 0 Å². The smallest absolute Gasteiger partial charge is 0.295 e. The van der Waals surface area contributed by atoms with Gasteiger partial charge in [-0.2, -0.15) is 0 Å². The van der Waals surface area contributed by atoms with Gasteiger partial charge in [0.05, 0.1) is 18.1 Å². The van der Waals surface area contributed by atoms with Crippen molar-refractivity contribution in [3.63, 3.8) is 0 Å². The van der Waals surface area contributed by atoms with Gasteiger partial charge in [-0.3, -0.25) is 14.4 Å². The molecular weight excluding hydrogens is 408 g/mol. The Morgan fingerprint density at radius 3 is 2.47 bits per heavy atom. The van der Waals surface area contributed by atoms with E-state index in [9.17, 15) is 14.4 Å². The third kappa shape index (κ3) is 4.34. The quantitative estimate of drug-likeness (QED) is 0.501. The molecule has 3 aromatic rings.